The predicted octanol–water partition coefficient (Wildman–Crippen LogP) is 4.85. The number of amides is 1. The van der Waals surface area contributed by atoms with Gasteiger partial charge in [0.25, 0.3) is 0 Å². The first kappa shape index (κ1) is 24.9. The third kappa shape index (κ3) is 5.22. The SMILES string of the molecule is CC(C)(C)OC(=O)c1ccccc1CC(=O)N1CCC(C(=O)CC2c3ccccc3-c3cncn32)CC1. The number of esters is 1. The number of carbonyl (C=O) groups is 3. The molecule has 0 N–H and O–H groups in total. The molecule has 1 amide bonds. The molecule has 1 atom stereocenters. The molecular weight excluding hydrogens is 466 g/mol. The zero-order valence-corrected chi connectivity index (χ0v) is 21.6. The van der Waals surface area contributed by atoms with E-state index < -0.39 is 11.6 Å². The first-order valence-electron chi connectivity index (χ1n) is 12.9. The molecule has 192 valence electrons. The normalized spacial score (nSPS) is 17.3. The summed E-state index contributed by atoms with van der Waals surface area (Å²) in [4.78, 5) is 45.2. The molecule has 7 heteroatoms. The average Bonchev–Trinajstić information content (AvgIpc) is 3.46. The molecule has 5 rings (SSSR count). The molecule has 0 saturated carbocycles. The quantitative estimate of drug-likeness (QED) is 0.453. The van der Waals surface area contributed by atoms with Crippen LogP contribution in [0.4, 0.5) is 0 Å². The van der Waals surface area contributed by atoms with Crippen LogP contribution >= 0.6 is 0 Å². The molecule has 3 heterocycles. The number of fused-ring (bicyclic) bond motifs is 3. The molecular formula is C30H33N3O4. The van der Waals surface area contributed by atoms with Gasteiger partial charge in [-0.05, 0) is 50.8 Å². The summed E-state index contributed by atoms with van der Waals surface area (Å²) in [5, 5.41) is 0. The fraction of sp³-hybridized carbons (Fsp3) is 0.400. The van der Waals surface area contributed by atoms with Gasteiger partial charge in [0.2, 0.25) is 5.91 Å². The third-order valence-electron chi connectivity index (χ3n) is 7.27. The van der Waals surface area contributed by atoms with Gasteiger partial charge in [0.05, 0.1) is 36.2 Å². The fourth-order valence-electron chi connectivity index (χ4n) is 5.43. The van der Waals surface area contributed by atoms with E-state index in [4.69, 9.17) is 4.74 Å². The molecule has 2 aliphatic heterocycles. The second-order valence-electron chi connectivity index (χ2n) is 11.0. The zero-order chi connectivity index (χ0) is 26.2. The van der Waals surface area contributed by atoms with Crippen LogP contribution in [0.15, 0.2) is 61.1 Å². The second kappa shape index (κ2) is 9.96. The summed E-state index contributed by atoms with van der Waals surface area (Å²) < 4.78 is 7.62. The van der Waals surface area contributed by atoms with E-state index in [1.54, 1.807) is 18.2 Å². The molecule has 37 heavy (non-hydrogen) atoms. The first-order valence-corrected chi connectivity index (χ1v) is 12.9. The van der Waals surface area contributed by atoms with Crippen molar-refractivity contribution in [3.8, 4) is 11.3 Å². The largest absolute Gasteiger partial charge is 0.456 e. The maximum absolute atomic E-state index is 13.3. The number of ether oxygens (including phenoxy) is 1. The van der Waals surface area contributed by atoms with E-state index in [9.17, 15) is 14.4 Å². The van der Waals surface area contributed by atoms with Crippen LogP contribution in [0.25, 0.3) is 11.3 Å². The number of ketones is 1. The number of rotatable bonds is 6. The Hall–Kier alpha value is -3.74. The molecule has 1 aromatic heterocycles. The van der Waals surface area contributed by atoms with E-state index in [1.807, 2.05) is 56.4 Å². The van der Waals surface area contributed by atoms with Crippen molar-refractivity contribution in [2.24, 2.45) is 5.92 Å². The van der Waals surface area contributed by atoms with Gasteiger partial charge < -0.3 is 14.2 Å². The summed E-state index contributed by atoms with van der Waals surface area (Å²) in [6, 6.07) is 15.3. The van der Waals surface area contributed by atoms with Crippen molar-refractivity contribution < 1.29 is 19.1 Å². The minimum absolute atomic E-state index is 0.0229. The molecule has 1 fully saturated rings. The molecule has 0 radical (unpaired) electrons. The summed E-state index contributed by atoms with van der Waals surface area (Å²) in [5.41, 5.74) is 3.85. The maximum Gasteiger partial charge on any atom is 0.338 e. The van der Waals surface area contributed by atoms with Crippen LogP contribution in [-0.4, -0.2) is 50.8 Å². The number of Topliss-reactive ketones (excluding diaryl/α,β-unsaturated/α-hetero) is 1. The van der Waals surface area contributed by atoms with Gasteiger partial charge in [-0.2, -0.15) is 0 Å². The van der Waals surface area contributed by atoms with Crippen LogP contribution in [-0.2, 0) is 20.7 Å². The summed E-state index contributed by atoms with van der Waals surface area (Å²) in [7, 11) is 0. The standard InChI is InChI=1S/C30H33N3O4/c1-30(2,3)37-29(36)22-9-5-4-8-21(22)16-28(35)32-14-12-20(13-15-32)27(34)17-25-23-10-6-7-11-24(23)26-18-31-19-33(25)26/h4-11,18-20,25H,12-17H2,1-3H3. The van der Waals surface area contributed by atoms with E-state index in [-0.39, 0.29) is 30.1 Å². The molecule has 7 nitrogen and oxygen atoms in total. The Balaban J connectivity index is 1.19. The lowest BCUT2D eigenvalue weighted by molar-refractivity contribution is -0.134. The average molecular weight is 500 g/mol. The van der Waals surface area contributed by atoms with E-state index in [0.29, 0.717) is 43.5 Å². The maximum atomic E-state index is 13.3. The van der Waals surface area contributed by atoms with Crippen LogP contribution < -0.4 is 0 Å². The molecule has 1 saturated heterocycles. The molecule has 2 aliphatic rings. The van der Waals surface area contributed by atoms with Crippen LogP contribution in [0, 0.1) is 5.92 Å². The van der Waals surface area contributed by atoms with Gasteiger partial charge in [0.15, 0.2) is 0 Å². The Bertz CT molecular complexity index is 1330. The van der Waals surface area contributed by atoms with Crippen LogP contribution in [0.2, 0.25) is 0 Å². The van der Waals surface area contributed by atoms with Gasteiger partial charge >= 0.3 is 5.97 Å². The van der Waals surface area contributed by atoms with E-state index in [2.05, 4.69) is 21.7 Å². The highest BCUT2D eigenvalue weighted by Gasteiger charge is 2.34. The van der Waals surface area contributed by atoms with Crippen molar-refractivity contribution in [2.75, 3.05) is 13.1 Å². The number of hydrogen-bond donors (Lipinski definition) is 0. The highest BCUT2D eigenvalue weighted by molar-refractivity contribution is 5.93. The number of imidazole rings is 1. The molecule has 0 aliphatic carbocycles. The van der Waals surface area contributed by atoms with Crippen LogP contribution in [0.3, 0.4) is 0 Å². The van der Waals surface area contributed by atoms with E-state index in [0.717, 1.165) is 11.3 Å². The molecule has 0 bridgehead atoms. The molecule has 2 aromatic carbocycles. The number of carbonyl (C=O) groups excluding carboxylic acids is 3. The summed E-state index contributed by atoms with van der Waals surface area (Å²) in [5.74, 6) is -0.272. The van der Waals surface area contributed by atoms with Gasteiger partial charge in [-0.3, -0.25) is 9.59 Å². The zero-order valence-electron chi connectivity index (χ0n) is 21.6. The lowest BCUT2D eigenvalue weighted by Crippen LogP contribution is -2.41. The number of likely N-dealkylation sites (tertiary alicyclic amines) is 1. The van der Waals surface area contributed by atoms with E-state index >= 15 is 0 Å². The van der Waals surface area contributed by atoms with Crippen molar-refractivity contribution in [3.63, 3.8) is 0 Å². The van der Waals surface area contributed by atoms with Crippen molar-refractivity contribution in [1.29, 1.82) is 0 Å². The molecule has 0 spiro atoms. The van der Waals surface area contributed by atoms with Gasteiger partial charge in [-0.1, -0.05) is 42.5 Å². The smallest absolute Gasteiger partial charge is 0.338 e. The Labute approximate surface area is 217 Å². The summed E-state index contributed by atoms with van der Waals surface area (Å²) in [6.07, 6.45) is 5.55. The molecule has 3 aromatic rings. The van der Waals surface area contributed by atoms with Crippen molar-refractivity contribution in [2.45, 2.75) is 58.1 Å². The highest BCUT2D eigenvalue weighted by atomic mass is 16.6. The second-order valence-corrected chi connectivity index (χ2v) is 11.0. The Morgan fingerprint density at radius 3 is 2.46 bits per heavy atom. The Morgan fingerprint density at radius 1 is 1.00 bits per heavy atom. The van der Waals surface area contributed by atoms with Crippen molar-refractivity contribution >= 4 is 17.7 Å². The van der Waals surface area contributed by atoms with Gasteiger partial charge in [-0.25, -0.2) is 9.78 Å². The lowest BCUT2D eigenvalue weighted by atomic mass is 9.87. The number of piperidine rings is 1. The Kier molecular flexibility index (Phi) is 6.71. The number of benzene rings is 2. The first-order chi connectivity index (χ1) is 17.7. The predicted molar refractivity (Wildman–Crippen MR) is 140 cm³/mol. The van der Waals surface area contributed by atoms with Gasteiger partial charge in [0, 0.05) is 31.0 Å². The van der Waals surface area contributed by atoms with Crippen LogP contribution in [0.1, 0.15) is 67.6 Å². The highest BCUT2D eigenvalue weighted by Crippen LogP contribution is 2.41. The lowest BCUT2D eigenvalue weighted by Gasteiger charge is -2.32. The van der Waals surface area contributed by atoms with Gasteiger partial charge in [0.1, 0.15) is 11.4 Å². The minimum atomic E-state index is -0.609. The summed E-state index contributed by atoms with van der Waals surface area (Å²) >= 11 is 0. The Morgan fingerprint density at radius 2 is 1.70 bits per heavy atom. The van der Waals surface area contributed by atoms with Crippen molar-refractivity contribution in [1.82, 2.24) is 14.5 Å². The third-order valence-corrected chi connectivity index (χ3v) is 7.27. The summed E-state index contributed by atoms with van der Waals surface area (Å²) in [6.45, 7) is 6.56. The van der Waals surface area contributed by atoms with Crippen LogP contribution in [0.5, 0.6) is 0 Å². The monoisotopic (exact) mass is 499 g/mol. The van der Waals surface area contributed by atoms with Crippen molar-refractivity contribution in [3.05, 3.63) is 77.7 Å². The minimum Gasteiger partial charge on any atom is -0.456 e. The number of nitrogens with zero attached hydrogens (tertiary/aromatic N) is 3. The van der Waals surface area contributed by atoms with E-state index in [1.165, 1.54) is 5.56 Å². The topological polar surface area (TPSA) is 81.5 Å². The fourth-order valence-corrected chi connectivity index (χ4v) is 5.43. The van der Waals surface area contributed by atoms with Gasteiger partial charge in [-0.15, -0.1) is 0 Å². The number of aromatic nitrogens is 2. The molecule has 1 unspecified atom stereocenters. The number of hydrogen-bond acceptors (Lipinski definition) is 5.